The molecule has 0 aliphatic rings. The average Bonchev–Trinajstić information content (AvgIpc) is 2.34. The largest absolute Gasteiger partial charge is 0.348 e. The first kappa shape index (κ1) is 15.0. The van der Waals surface area contributed by atoms with E-state index >= 15 is 0 Å². The molecule has 18 heavy (non-hydrogen) atoms. The van der Waals surface area contributed by atoms with Gasteiger partial charge in [-0.2, -0.15) is 0 Å². The summed E-state index contributed by atoms with van der Waals surface area (Å²) in [6.45, 7) is 3.45. The molecule has 0 aliphatic carbocycles. The number of amides is 1. The van der Waals surface area contributed by atoms with Crippen LogP contribution in [-0.2, 0) is 11.3 Å². The van der Waals surface area contributed by atoms with Crippen LogP contribution in [0.15, 0.2) is 23.1 Å². The number of thioether (sulfide) groups is 1. The zero-order valence-electron chi connectivity index (χ0n) is 11.0. The monoisotopic (exact) mass is 270 g/mol. The topological polar surface area (TPSA) is 32.3 Å². The third-order valence-corrected chi connectivity index (χ3v) is 3.54. The molecule has 0 fully saturated rings. The third-order valence-electron chi connectivity index (χ3n) is 2.44. The lowest BCUT2D eigenvalue weighted by Gasteiger charge is -2.12. The molecule has 1 aromatic rings. The van der Waals surface area contributed by atoms with Crippen molar-refractivity contribution in [2.75, 3.05) is 26.4 Å². The maximum absolute atomic E-state index is 13.2. The normalized spacial score (nSPS) is 10.4. The van der Waals surface area contributed by atoms with Crippen LogP contribution >= 0.6 is 11.8 Å². The van der Waals surface area contributed by atoms with Gasteiger partial charge in [0.1, 0.15) is 5.82 Å². The Bertz CT molecular complexity index is 410. The highest BCUT2D eigenvalue weighted by Crippen LogP contribution is 2.23. The molecular weight excluding hydrogens is 251 g/mol. The van der Waals surface area contributed by atoms with Gasteiger partial charge in [0.2, 0.25) is 5.91 Å². The van der Waals surface area contributed by atoms with Crippen LogP contribution in [-0.4, -0.2) is 37.2 Å². The number of benzene rings is 1. The van der Waals surface area contributed by atoms with Crippen molar-refractivity contribution in [3.8, 4) is 0 Å². The summed E-state index contributed by atoms with van der Waals surface area (Å²) in [5.41, 5.74) is 0.897. The molecule has 1 N–H and O–H groups in total. The highest BCUT2D eigenvalue weighted by atomic mass is 32.2. The summed E-state index contributed by atoms with van der Waals surface area (Å²) in [7, 11) is 3.46. The van der Waals surface area contributed by atoms with E-state index in [1.54, 1.807) is 25.1 Å². The van der Waals surface area contributed by atoms with Gasteiger partial charge in [-0.3, -0.25) is 4.79 Å². The van der Waals surface area contributed by atoms with Gasteiger partial charge in [-0.15, -0.1) is 11.8 Å². The molecule has 0 radical (unpaired) electrons. The Morgan fingerprint density at radius 1 is 1.44 bits per heavy atom. The number of nitrogens with zero attached hydrogens (tertiary/aromatic N) is 1. The van der Waals surface area contributed by atoms with Gasteiger partial charge < -0.3 is 10.2 Å². The van der Waals surface area contributed by atoms with Gasteiger partial charge in [0, 0.05) is 25.5 Å². The minimum atomic E-state index is -0.244. The van der Waals surface area contributed by atoms with Crippen molar-refractivity contribution in [1.29, 1.82) is 0 Å². The van der Waals surface area contributed by atoms with Crippen LogP contribution in [0.3, 0.4) is 0 Å². The second-order valence-corrected chi connectivity index (χ2v) is 5.13. The lowest BCUT2D eigenvalue weighted by Crippen LogP contribution is -2.23. The molecule has 1 amide bonds. The summed E-state index contributed by atoms with van der Waals surface area (Å²) >= 11 is 1.44. The highest BCUT2D eigenvalue weighted by Gasteiger charge is 2.09. The van der Waals surface area contributed by atoms with E-state index in [1.807, 2.05) is 6.92 Å². The molecule has 0 atom stereocenters. The summed E-state index contributed by atoms with van der Waals surface area (Å²) in [5.74, 6) is 0.183. The molecule has 0 bridgehead atoms. The van der Waals surface area contributed by atoms with E-state index in [4.69, 9.17) is 0 Å². The van der Waals surface area contributed by atoms with E-state index in [1.165, 1.54) is 23.9 Å². The number of carbonyl (C=O) groups is 1. The van der Waals surface area contributed by atoms with Gasteiger partial charge in [-0.1, -0.05) is 6.92 Å². The average molecular weight is 270 g/mol. The number of nitrogens with one attached hydrogen (secondary N) is 1. The molecule has 3 nitrogen and oxygen atoms in total. The maximum atomic E-state index is 13.2. The molecule has 0 spiro atoms. The molecule has 0 aromatic heterocycles. The number of halogens is 1. The fourth-order valence-electron chi connectivity index (χ4n) is 1.36. The van der Waals surface area contributed by atoms with Crippen molar-refractivity contribution in [2.45, 2.75) is 18.4 Å². The van der Waals surface area contributed by atoms with Crippen LogP contribution in [0.1, 0.15) is 12.5 Å². The molecule has 0 saturated heterocycles. The van der Waals surface area contributed by atoms with E-state index in [0.717, 1.165) is 17.0 Å². The quantitative estimate of drug-likeness (QED) is 0.804. The van der Waals surface area contributed by atoms with E-state index in [2.05, 4.69) is 5.32 Å². The Morgan fingerprint density at radius 3 is 2.78 bits per heavy atom. The van der Waals surface area contributed by atoms with Crippen LogP contribution < -0.4 is 5.32 Å². The van der Waals surface area contributed by atoms with Crippen molar-refractivity contribution in [1.82, 2.24) is 10.2 Å². The molecule has 0 aliphatic heterocycles. The first-order valence-electron chi connectivity index (χ1n) is 5.86. The minimum Gasteiger partial charge on any atom is -0.348 e. The summed E-state index contributed by atoms with van der Waals surface area (Å²) < 4.78 is 13.2. The smallest absolute Gasteiger partial charge is 0.232 e. The molecule has 1 rings (SSSR count). The van der Waals surface area contributed by atoms with Gasteiger partial charge in [0.05, 0.1) is 5.75 Å². The number of rotatable bonds is 6. The molecule has 1 aromatic carbocycles. The van der Waals surface area contributed by atoms with E-state index < -0.39 is 0 Å². The Hall–Kier alpha value is -1.07. The Kier molecular flexibility index (Phi) is 6.15. The van der Waals surface area contributed by atoms with Crippen LogP contribution in [0.2, 0.25) is 0 Å². The molecule has 0 unspecified atom stereocenters. The van der Waals surface area contributed by atoms with Crippen LogP contribution in [0.5, 0.6) is 0 Å². The van der Waals surface area contributed by atoms with Crippen molar-refractivity contribution in [3.63, 3.8) is 0 Å². The van der Waals surface area contributed by atoms with Gasteiger partial charge >= 0.3 is 0 Å². The zero-order valence-corrected chi connectivity index (χ0v) is 11.8. The number of hydrogen-bond donors (Lipinski definition) is 1. The van der Waals surface area contributed by atoms with Crippen LogP contribution in [0, 0.1) is 5.82 Å². The second kappa shape index (κ2) is 7.38. The first-order valence-corrected chi connectivity index (χ1v) is 6.85. The second-order valence-electron chi connectivity index (χ2n) is 4.11. The van der Waals surface area contributed by atoms with Crippen LogP contribution in [0.25, 0.3) is 0 Å². The fourth-order valence-corrected chi connectivity index (χ4v) is 2.37. The number of carbonyl (C=O) groups excluding carboxylic acids is 1. The molecular formula is C13H19FN2OS. The van der Waals surface area contributed by atoms with E-state index in [9.17, 15) is 9.18 Å². The van der Waals surface area contributed by atoms with E-state index in [0.29, 0.717) is 12.3 Å². The van der Waals surface area contributed by atoms with Crippen molar-refractivity contribution < 1.29 is 9.18 Å². The predicted molar refractivity (Wildman–Crippen MR) is 73.2 cm³/mol. The van der Waals surface area contributed by atoms with Crippen LogP contribution in [0.4, 0.5) is 4.39 Å². The molecule has 0 saturated carbocycles. The lowest BCUT2D eigenvalue weighted by molar-refractivity contribution is -0.125. The summed E-state index contributed by atoms with van der Waals surface area (Å²) in [5, 5.41) is 3.17. The zero-order chi connectivity index (χ0) is 13.5. The van der Waals surface area contributed by atoms with Gasteiger partial charge in [0.15, 0.2) is 0 Å². The maximum Gasteiger partial charge on any atom is 0.232 e. The lowest BCUT2D eigenvalue weighted by atomic mass is 10.2. The molecule has 5 heteroatoms. The van der Waals surface area contributed by atoms with E-state index in [-0.39, 0.29) is 11.7 Å². The standard InChI is InChI=1S/C13H19FN2OS/c1-4-15-8-10-7-11(14)5-6-12(10)18-9-13(17)16(2)3/h5-7,15H,4,8-9H2,1-3H3. The Balaban J connectivity index is 2.71. The van der Waals surface area contributed by atoms with Gasteiger partial charge in [-0.25, -0.2) is 4.39 Å². The highest BCUT2D eigenvalue weighted by molar-refractivity contribution is 8.00. The first-order chi connectivity index (χ1) is 8.54. The minimum absolute atomic E-state index is 0.0544. The van der Waals surface area contributed by atoms with Crippen molar-refractivity contribution >= 4 is 17.7 Å². The van der Waals surface area contributed by atoms with Crippen molar-refractivity contribution in [3.05, 3.63) is 29.6 Å². The van der Waals surface area contributed by atoms with Gasteiger partial charge in [-0.05, 0) is 30.3 Å². The molecule has 0 heterocycles. The number of hydrogen-bond acceptors (Lipinski definition) is 3. The Labute approximate surface area is 112 Å². The summed E-state index contributed by atoms with van der Waals surface area (Å²) in [6, 6.07) is 4.68. The fraction of sp³-hybridized carbons (Fsp3) is 0.462. The SMILES string of the molecule is CCNCc1cc(F)ccc1SCC(=O)N(C)C. The predicted octanol–water partition coefficient (Wildman–Crippen LogP) is 2.12. The Morgan fingerprint density at radius 2 is 2.17 bits per heavy atom. The summed E-state index contributed by atoms with van der Waals surface area (Å²) in [6.07, 6.45) is 0. The van der Waals surface area contributed by atoms with Gasteiger partial charge in [0.25, 0.3) is 0 Å². The van der Waals surface area contributed by atoms with Crippen molar-refractivity contribution in [2.24, 2.45) is 0 Å². The third kappa shape index (κ3) is 4.66. The summed E-state index contributed by atoms with van der Waals surface area (Å²) in [4.78, 5) is 14.0. The molecule has 100 valence electrons.